The third-order valence-corrected chi connectivity index (χ3v) is 7.82. The Morgan fingerprint density at radius 2 is 1.42 bits per heavy atom. The molecule has 0 saturated carbocycles. The lowest BCUT2D eigenvalue weighted by Gasteiger charge is -2.40. The maximum absolute atomic E-state index is 14.1. The number of carboxylic acids is 1. The molecule has 2 aliphatic heterocycles. The van der Waals surface area contributed by atoms with Crippen LogP contribution in [0.2, 0.25) is 0 Å². The molecule has 5 nitrogen and oxygen atoms in total. The predicted molar refractivity (Wildman–Crippen MR) is 141 cm³/mol. The molecule has 5 rings (SSSR count). The smallest absolute Gasteiger partial charge is 0.326 e. The van der Waals surface area contributed by atoms with Crippen molar-refractivity contribution < 1.29 is 14.7 Å². The summed E-state index contributed by atoms with van der Waals surface area (Å²) in [5.74, 6) is -1.56. The number of nitrogens with zero attached hydrogens (tertiary/aromatic N) is 2. The van der Waals surface area contributed by atoms with Crippen LogP contribution < -0.4 is 0 Å². The van der Waals surface area contributed by atoms with E-state index in [1.54, 1.807) is 4.90 Å². The highest BCUT2D eigenvalue weighted by atomic mass is 16.4. The quantitative estimate of drug-likeness (QED) is 0.517. The van der Waals surface area contributed by atoms with Gasteiger partial charge in [0.1, 0.15) is 6.04 Å². The zero-order chi connectivity index (χ0) is 24.9. The number of amides is 1. The Hall–Kier alpha value is -3.44. The minimum absolute atomic E-state index is 0.0521. The van der Waals surface area contributed by atoms with E-state index in [9.17, 15) is 14.7 Å². The van der Waals surface area contributed by atoms with Crippen molar-refractivity contribution in [2.45, 2.75) is 56.1 Å². The van der Waals surface area contributed by atoms with Gasteiger partial charge in [-0.15, -0.1) is 0 Å². The number of carbonyl (C=O) groups excluding carboxylic acids is 1. The monoisotopic (exact) mass is 482 g/mol. The first kappa shape index (κ1) is 24.3. The van der Waals surface area contributed by atoms with Gasteiger partial charge in [-0.1, -0.05) is 97.4 Å². The fourth-order valence-corrected chi connectivity index (χ4v) is 6.08. The Bertz CT molecular complexity index is 1110. The van der Waals surface area contributed by atoms with Gasteiger partial charge in [0.05, 0.1) is 5.92 Å². The van der Waals surface area contributed by atoms with Crippen LogP contribution in [0.1, 0.15) is 48.3 Å². The maximum Gasteiger partial charge on any atom is 0.326 e. The Labute approximate surface area is 213 Å². The molecule has 2 aliphatic rings. The molecule has 0 aliphatic carbocycles. The van der Waals surface area contributed by atoms with E-state index >= 15 is 0 Å². The Kier molecular flexibility index (Phi) is 7.47. The number of hydrogen-bond acceptors (Lipinski definition) is 3. The topological polar surface area (TPSA) is 60.9 Å². The second-order valence-corrected chi connectivity index (χ2v) is 10.1. The maximum atomic E-state index is 14.1. The highest BCUT2D eigenvalue weighted by molar-refractivity contribution is 5.91. The van der Waals surface area contributed by atoms with E-state index in [-0.39, 0.29) is 11.9 Å². The molecule has 0 bridgehead atoms. The van der Waals surface area contributed by atoms with Crippen molar-refractivity contribution in [1.82, 2.24) is 9.80 Å². The van der Waals surface area contributed by atoms with Crippen molar-refractivity contribution in [2.24, 2.45) is 0 Å². The Balaban J connectivity index is 1.41. The second kappa shape index (κ2) is 11.1. The lowest BCUT2D eigenvalue weighted by atomic mass is 9.90. The lowest BCUT2D eigenvalue weighted by molar-refractivity contribution is -0.148. The molecule has 0 aromatic heterocycles. The largest absolute Gasteiger partial charge is 0.480 e. The molecule has 186 valence electrons. The SMILES string of the molecule is O=C(O)[C@@H]1C[C@H](N2CCCCC2Cc2ccccc2)CN1C(=O)C(c1ccccc1)c1ccccc1. The van der Waals surface area contributed by atoms with Crippen molar-refractivity contribution >= 4 is 11.9 Å². The van der Waals surface area contributed by atoms with Crippen LogP contribution in [0.3, 0.4) is 0 Å². The summed E-state index contributed by atoms with van der Waals surface area (Å²) in [4.78, 5) is 30.7. The van der Waals surface area contributed by atoms with Gasteiger partial charge in [-0.2, -0.15) is 0 Å². The molecule has 36 heavy (non-hydrogen) atoms. The summed E-state index contributed by atoms with van der Waals surface area (Å²) in [6.07, 6.45) is 4.84. The fraction of sp³-hybridized carbons (Fsp3) is 0.355. The van der Waals surface area contributed by atoms with E-state index < -0.39 is 17.9 Å². The average Bonchev–Trinajstić information content (AvgIpc) is 3.37. The van der Waals surface area contributed by atoms with Gasteiger partial charge in [0, 0.05) is 18.6 Å². The minimum atomic E-state index is -0.914. The van der Waals surface area contributed by atoms with Crippen LogP contribution in [0.4, 0.5) is 0 Å². The van der Waals surface area contributed by atoms with Crippen LogP contribution in [0.15, 0.2) is 91.0 Å². The molecule has 1 unspecified atom stereocenters. The number of rotatable bonds is 7. The van der Waals surface area contributed by atoms with E-state index in [1.165, 1.54) is 12.0 Å². The highest BCUT2D eigenvalue weighted by Crippen LogP contribution is 2.34. The normalized spacial score (nSPS) is 22.6. The van der Waals surface area contributed by atoms with Gasteiger partial charge < -0.3 is 10.0 Å². The molecule has 3 atom stereocenters. The number of benzene rings is 3. The van der Waals surface area contributed by atoms with Crippen molar-refractivity contribution in [3.63, 3.8) is 0 Å². The fourth-order valence-electron chi connectivity index (χ4n) is 6.08. The Morgan fingerprint density at radius 3 is 2.00 bits per heavy atom. The van der Waals surface area contributed by atoms with Crippen LogP contribution in [-0.4, -0.2) is 58.0 Å². The summed E-state index contributed by atoms with van der Waals surface area (Å²) in [5.41, 5.74) is 3.09. The lowest BCUT2D eigenvalue weighted by Crippen LogP contribution is -2.49. The van der Waals surface area contributed by atoms with Gasteiger partial charge in [0.25, 0.3) is 0 Å². The molecule has 2 heterocycles. The predicted octanol–water partition coefficient (Wildman–Crippen LogP) is 4.97. The molecular formula is C31H34N2O3. The van der Waals surface area contributed by atoms with Crippen LogP contribution >= 0.6 is 0 Å². The van der Waals surface area contributed by atoms with E-state index in [0.29, 0.717) is 19.0 Å². The molecule has 3 aromatic carbocycles. The van der Waals surface area contributed by atoms with Gasteiger partial charge in [-0.05, 0) is 48.9 Å². The number of carboxylic acid groups (broad SMARTS) is 1. The zero-order valence-corrected chi connectivity index (χ0v) is 20.6. The van der Waals surface area contributed by atoms with Crippen LogP contribution in [0.25, 0.3) is 0 Å². The van der Waals surface area contributed by atoms with Gasteiger partial charge in [0.2, 0.25) is 5.91 Å². The number of hydrogen-bond donors (Lipinski definition) is 1. The van der Waals surface area contributed by atoms with Crippen LogP contribution in [0.5, 0.6) is 0 Å². The number of carbonyl (C=O) groups is 2. The molecule has 3 aromatic rings. The summed E-state index contributed by atoms with van der Waals surface area (Å²) in [5, 5.41) is 10.2. The van der Waals surface area contributed by atoms with Crippen molar-refractivity contribution in [2.75, 3.05) is 13.1 Å². The minimum Gasteiger partial charge on any atom is -0.480 e. The van der Waals surface area contributed by atoms with E-state index in [2.05, 4.69) is 29.2 Å². The van der Waals surface area contributed by atoms with Crippen molar-refractivity contribution in [1.29, 1.82) is 0 Å². The molecule has 2 fully saturated rings. The zero-order valence-electron chi connectivity index (χ0n) is 20.6. The molecule has 1 amide bonds. The van der Waals surface area contributed by atoms with Crippen LogP contribution in [0, 0.1) is 0 Å². The third kappa shape index (κ3) is 5.21. The summed E-state index contributed by atoms with van der Waals surface area (Å²) < 4.78 is 0. The highest BCUT2D eigenvalue weighted by Gasteiger charge is 2.45. The number of likely N-dealkylation sites (tertiary alicyclic amines) is 2. The van der Waals surface area contributed by atoms with Crippen LogP contribution in [-0.2, 0) is 16.0 Å². The van der Waals surface area contributed by atoms with Gasteiger partial charge in [-0.25, -0.2) is 4.79 Å². The first-order chi connectivity index (χ1) is 17.6. The van der Waals surface area contributed by atoms with Crippen molar-refractivity contribution in [3.8, 4) is 0 Å². The Morgan fingerprint density at radius 1 is 0.833 bits per heavy atom. The molecular weight excluding hydrogens is 448 g/mol. The summed E-state index contributed by atoms with van der Waals surface area (Å²) in [7, 11) is 0. The van der Waals surface area contributed by atoms with E-state index in [0.717, 1.165) is 36.9 Å². The first-order valence-electron chi connectivity index (χ1n) is 13.0. The molecule has 0 radical (unpaired) electrons. The summed E-state index contributed by atoms with van der Waals surface area (Å²) >= 11 is 0. The standard InChI is InChI=1S/C31H34N2O3/c34-30(29(24-14-6-2-7-15-24)25-16-8-3-9-17-25)33-22-27(21-28(33)31(35)36)32-19-11-10-18-26(32)20-23-12-4-1-5-13-23/h1-9,12-17,26-29H,10-11,18-22H2,(H,35,36)/t26?,27-,28-/m0/s1. The number of aliphatic carboxylic acids is 1. The molecule has 2 saturated heterocycles. The van der Waals surface area contributed by atoms with E-state index in [1.807, 2.05) is 66.7 Å². The molecule has 5 heteroatoms. The van der Waals surface area contributed by atoms with Gasteiger partial charge in [0.15, 0.2) is 0 Å². The average molecular weight is 483 g/mol. The summed E-state index contributed by atoms with van der Waals surface area (Å²) in [6, 6.07) is 29.6. The van der Waals surface area contributed by atoms with Crippen molar-refractivity contribution in [3.05, 3.63) is 108 Å². The number of piperidine rings is 1. The molecule has 0 spiro atoms. The van der Waals surface area contributed by atoms with Gasteiger partial charge >= 0.3 is 5.97 Å². The molecule has 1 N–H and O–H groups in total. The second-order valence-electron chi connectivity index (χ2n) is 10.1. The summed E-state index contributed by atoms with van der Waals surface area (Å²) in [6.45, 7) is 1.41. The first-order valence-corrected chi connectivity index (χ1v) is 13.0. The third-order valence-electron chi connectivity index (χ3n) is 7.82. The van der Waals surface area contributed by atoms with E-state index in [4.69, 9.17) is 0 Å². The van der Waals surface area contributed by atoms with Gasteiger partial charge in [-0.3, -0.25) is 9.69 Å².